The zero-order valence-electron chi connectivity index (χ0n) is 8.88. The molecule has 0 saturated carbocycles. The number of aromatic carboxylic acids is 1. The molecule has 2 rings (SSSR count). The van der Waals surface area contributed by atoms with Crippen molar-refractivity contribution in [2.45, 2.75) is 0 Å². The van der Waals surface area contributed by atoms with E-state index in [1.165, 1.54) is 24.5 Å². The van der Waals surface area contributed by atoms with Gasteiger partial charge in [-0.05, 0) is 17.5 Å². The standard InChI is InChI=1S/C11H7ClN2O3S/c12-7-1-3-13-5-6(7)10(15)14-8-2-4-18-9(8)11(16)17/h1-5H,(H,14,15)(H,16,17). The van der Waals surface area contributed by atoms with Crippen LogP contribution in [0, 0.1) is 0 Å². The number of aromatic nitrogens is 1. The minimum Gasteiger partial charge on any atom is -0.477 e. The molecule has 2 aromatic heterocycles. The van der Waals surface area contributed by atoms with Crippen LogP contribution in [0.5, 0.6) is 0 Å². The smallest absolute Gasteiger partial charge is 0.348 e. The highest BCUT2D eigenvalue weighted by molar-refractivity contribution is 7.12. The first kappa shape index (κ1) is 12.5. The lowest BCUT2D eigenvalue weighted by molar-refractivity contribution is 0.0703. The highest BCUT2D eigenvalue weighted by atomic mass is 35.5. The third-order valence-electron chi connectivity index (χ3n) is 2.12. The van der Waals surface area contributed by atoms with Crippen molar-refractivity contribution in [1.29, 1.82) is 0 Å². The predicted molar refractivity (Wildman–Crippen MR) is 68.5 cm³/mol. The SMILES string of the molecule is O=C(Nc1ccsc1C(=O)O)c1cnccc1Cl. The summed E-state index contributed by atoms with van der Waals surface area (Å²) in [5.41, 5.74) is 0.444. The molecule has 0 aliphatic rings. The second-order valence-electron chi connectivity index (χ2n) is 3.28. The second-order valence-corrected chi connectivity index (χ2v) is 4.60. The van der Waals surface area contributed by atoms with Gasteiger partial charge in [0.1, 0.15) is 4.88 Å². The molecular formula is C11H7ClN2O3S. The van der Waals surface area contributed by atoms with Gasteiger partial charge in [-0.15, -0.1) is 11.3 Å². The fourth-order valence-corrected chi connectivity index (χ4v) is 2.19. The van der Waals surface area contributed by atoms with Crippen molar-refractivity contribution in [2.75, 3.05) is 5.32 Å². The fraction of sp³-hybridized carbons (Fsp3) is 0. The van der Waals surface area contributed by atoms with E-state index in [9.17, 15) is 9.59 Å². The first-order valence-electron chi connectivity index (χ1n) is 4.81. The molecule has 0 saturated heterocycles. The molecule has 5 nitrogen and oxygen atoms in total. The summed E-state index contributed by atoms with van der Waals surface area (Å²) in [5.74, 6) is -1.58. The Labute approximate surface area is 111 Å². The van der Waals surface area contributed by atoms with Crippen molar-refractivity contribution < 1.29 is 14.7 Å². The largest absolute Gasteiger partial charge is 0.477 e. The van der Waals surface area contributed by atoms with Gasteiger partial charge < -0.3 is 10.4 Å². The number of halogens is 1. The topological polar surface area (TPSA) is 79.3 Å². The molecule has 0 spiro atoms. The molecule has 2 heterocycles. The fourth-order valence-electron chi connectivity index (χ4n) is 1.31. The van der Waals surface area contributed by atoms with Crippen LogP contribution in [0.2, 0.25) is 5.02 Å². The van der Waals surface area contributed by atoms with E-state index >= 15 is 0 Å². The van der Waals surface area contributed by atoms with Gasteiger partial charge in [0.2, 0.25) is 0 Å². The monoisotopic (exact) mass is 282 g/mol. The number of nitrogens with zero attached hydrogens (tertiary/aromatic N) is 1. The van der Waals surface area contributed by atoms with Crippen molar-refractivity contribution in [3.63, 3.8) is 0 Å². The zero-order valence-corrected chi connectivity index (χ0v) is 10.5. The molecule has 0 aromatic carbocycles. The molecule has 2 aromatic rings. The van der Waals surface area contributed by atoms with Crippen molar-refractivity contribution >= 4 is 40.5 Å². The maximum Gasteiger partial charge on any atom is 0.348 e. The number of rotatable bonds is 3. The number of hydrogen-bond acceptors (Lipinski definition) is 4. The molecule has 18 heavy (non-hydrogen) atoms. The van der Waals surface area contributed by atoms with Crippen molar-refractivity contribution in [3.05, 3.63) is 45.4 Å². The third kappa shape index (κ3) is 2.49. The number of carboxylic acids is 1. The summed E-state index contributed by atoms with van der Waals surface area (Å²) >= 11 is 6.88. The van der Waals surface area contributed by atoms with Gasteiger partial charge in [0.05, 0.1) is 16.3 Å². The molecule has 7 heteroatoms. The average Bonchev–Trinajstić information content (AvgIpc) is 2.77. The number of hydrogen-bond donors (Lipinski definition) is 2. The number of nitrogens with one attached hydrogen (secondary N) is 1. The van der Waals surface area contributed by atoms with Gasteiger partial charge in [-0.1, -0.05) is 11.6 Å². The Bertz CT molecular complexity index is 612. The lowest BCUT2D eigenvalue weighted by Crippen LogP contribution is -2.14. The second kappa shape index (κ2) is 5.16. The molecule has 0 bridgehead atoms. The van der Waals surface area contributed by atoms with Gasteiger partial charge in [-0.2, -0.15) is 0 Å². The zero-order chi connectivity index (χ0) is 13.1. The molecule has 1 amide bonds. The molecule has 0 fully saturated rings. The van der Waals surface area contributed by atoms with Crippen LogP contribution in [0.1, 0.15) is 20.0 Å². The highest BCUT2D eigenvalue weighted by Crippen LogP contribution is 2.23. The van der Waals surface area contributed by atoms with E-state index in [1.54, 1.807) is 5.38 Å². The van der Waals surface area contributed by atoms with E-state index in [0.29, 0.717) is 0 Å². The van der Waals surface area contributed by atoms with Crippen LogP contribution in [0.15, 0.2) is 29.9 Å². The van der Waals surface area contributed by atoms with Crippen LogP contribution in [0.3, 0.4) is 0 Å². The van der Waals surface area contributed by atoms with Crippen LogP contribution in [-0.4, -0.2) is 22.0 Å². The van der Waals surface area contributed by atoms with E-state index in [4.69, 9.17) is 16.7 Å². The van der Waals surface area contributed by atoms with E-state index in [2.05, 4.69) is 10.3 Å². The van der Waals surface area contributed by atoms with Crippen molar-refractivity contribution in [2.24, 2.45) is 0 Å². The number of pyridine rings is 1. The summed E-state index contributed by atoms with van der Waals surface area (Å²) in [4.78, 5) is 26.6. The average molecular weight is 283 g/mol. The van der Waals surface area contributed by atoms with E-state index < -0.39 is 11.9 Å². The molecular weight excluding hydrogens is 276 g/mol. The summed E-state index contributed by atoms with van der Waals surface area (Å²) in [6.07, 6.45) is 2.79. The number of carbonyl (C=O) groups excluding carboxylic acids is 1. The van der Waals surface area contributed by atoms with Gasteiger partial charge in [0, 0.05) is 12.4 Å². The van der Waals surface area contributed by atoms with E-state index in [-0.39, 0.29) is 21.2 Å². The van der Waals surface area contributed by atoms with Gasteiger partial charge >= 0.3 is 5.97 Å². The minimum absolute atomic E-state index is 0.0726. The Balaban J connectivity index is 2.25. The van der Waals surface area contributed by atoms with Gasteiger partial charge in [0.15, 0.2) is 0 Å². The number of carbonyl (C=O) groups is 2. The van der Waals surface area contributed by atoms with Crippen molar-refractivity contribution in [1.82, 2.24) is 4.98 Å². The van der Waals surface area contributed by atoms with Crippen LogP contribution in [0.25, 0.3) is 0 Å². The number of anilines is 1. The van der Waals surface area contributed by atoms with Crippen LogP contribution in [-0.2, 0) is 0 Å². The number of carboxylic acid groups (broad SMARTS) is 1. The highest BCUT2D eigenvalue weighted by Gasteiger charge is 2.16. The van der Waals surface area contributed by atoms with Crippen LogP contribution < -0.4 is 5.32 Å². The number of amides is 1. The maximum atomic E-state index is 11.9. The Hall–Kier alpha value is -1.92. The molecule has 92 valence electrons. The molecule has 0 aliphatic carbocycles. The summed E-state index contributed by atoms with van der Waals surface area (Å²) in [5, 5.41) is 13.3. The summed E-state index contributed by atoms with van der Waals surface area (Å²) in [6.45, 7) is 0. The van der Waals surface area contributed by atoms with Gasteiger partial charge in [0.25, 0.3) is 5.91 Å². The Morgan fingerprint density at radius 1 is 1.39 bits per heavy atom. The first-order valence-corrected chi connectivity index (χ1v) is 6.07. The molecule has 0 radical (unpaired) electrons. The Kier molecular flexibility index (Phi) is 3.59. The van der Waals surface area contributed by atoms with E-state index in [0.717, 1.165) is 11.3 Å². The molecule has 0 unspecified atom stereocenters. The third-order valence-corrected chi connectivity index (χ3v) is 3.35. The normalized spacial score (nSPS) is 10.1. The number of thiophene rings is 1. The lowest BCUT2D eigenvalue weighted by atomic mass is 10.2. The molecule has 2 N–H and O–H groups in total. The predicted octanol–water partition coefficient (Wildman–Crippen LogP) is 2.75. The van der Waals surface area contributed by atoms with Crippen molar-refractivity contribution in [3.8, 4) is 0 Å². The van der Waals surface area contributed by atoms with Gasteiger partial charge in [-0.25, -0.2) is 4.79 Å². The van der Waals surface area contributed by atoms with Crippen LogP contribution in [0.4, 0.5) is 5.69 Å². The Morgan fingerprint density at radius 3 is 2.83 bits per heavy atom. The summed E-state index contributed by atoms with van der Waals surface area (Å²) in [6, 6.07) is 3.01. The quantitative estimate of drug-likeness (QED) is 0.907. The van der Waals surface area contributed by atoms with E-state index in [1.807, 2.05) is 0 Å². The summed E-state index contributed by atoms with van der Waals surface area (Å²) < 4.78 is 0. The maximum absolute atomic E-state index is 11.9. The summed E-state index contributed by atoms with van der Waals surface area (Å²) in [7, 11) is 0. The first-order chi connectivity index (χ1) is 8.59. The lowest BCUT2D eigenvalue weighted by Gasteiger charge is -2.05. The molecule has 0 atom stereocenters. The Morgan fingerprint density at radius 2 is 2.17 bits per heavy atom. The minimum atomic E-state index is -1.09. The van der Waals surface area contributed by atoms with Gasteiger partial charge in [-0.3, -0.25) is 9.78 Å². The van der Waals surface area contributed by atoms with Crippen LogP contribution >= 0.6 is 22.9 Å². The molecule has 0 aliphatic heterocycles.